The Hall–Kier alpha value is -3.86. The smallest absolute Gasteiger partial charge is 0.280 e. The number of hydrogen-bond donors (Lipinski definition) is 1. The van der Waals surface area contributed by atoms with Gasteiger partial charge in [-0.3, -0.25) is 14.9 Å². The Morgan fingerprint density at radius 3 is 2.67 bits per heavy atom. The highest BCUT2D eigenvalue weighted by molar-refractivity contribution is 6.10. The van der Waals surface area contributed by atoms with Crippen LogP contribution in [0.3, 0.4) is 0 Å². The van der Waals surface area contributed by atoms with Crippen molar-refractivity contribution >= 4 is 23.4 Å². The van der Waals surface area contributed by atoms with E-state index >= 15 is 0 Å². The van der Waals surface area contributed by atoms with Crippen LogP contribution in [0.1, 0.15) is 16.7 Å². The summed E-state index contributed by atoms with van der Waals surface area (Å²) in [5.74, 6) is -0.0885. The molecule has 8 nitrogen and oxygen atoms in total. The molecule has 1 amide bonds. The summed E-state index contributed by atoms with van der Waals surface area (Å²) in [5.41, 5.74) is 1.96. The van der Waals surface area contributed by atoms with Gasteiger partial charge in [0.15, 0.2) is 11.5 Å². The number of nitriles is 1. The molecule has 0 unspecified atom stereocenters. The minimum absolute atomic E-state index is 0.0438. The second-order valence-electron chi connectivity index (χ2n) is 5.89. The molecule has 136 valence electrons. The van der Waals surface area contributed by atoms with Crippen molar-refractivity contribution < 1.29 is 19.2 Å². The number of anilines is 1. The number of carbonyl (C=O) groups excluding carboxylic acids is 1. The van der Waals surface area contributed by atoms with Gasteiger partial charge in [0, 0.05) is 5.69 Å². The minimum Gasteiger partial charge on any atom is -0.454 e. The summed E-state index contributed by atoms with van der Waals surface area (Å²) in [6, 6.07) is 9.80. The van der Waals surface area contributed by atoms with E-state index in [1.54, 1.807) is 18.2 Å². The highest BCUT2D eigenvalue weighted by Crippen LogP contribution is 2.38. The zero-order chi connectivity index (χ0) is 19.6. The van der Waals surface area contributed by atoms with E-state index in [9.17, 15) is 20.2 Å². The molecule has 0 saturated carbocycles. The van der Waals surface area contributed by atoms with Crippen molar-refractivity contribution in [2.75, 3.05) is 12.1 Å². The summed E-state index contributed by atoms with van der Waals surface area (Å²) in [7, 11) is 0. The molecule has 2 aromatic carbocycles. The van der Waals surface area contributed by atoms with Gasteiger partial charge in [0.25, 0.3) is 11.6 Å². The Bertz CT molecular complexity index is 1020. The Balaban J connectivity index is 1.97. The van der Waals surface area contributed by atoms with Crippen molar-refractivity contribution in [2.45, 2.75) is 13.8 Å². The van der Waals surface area contributed by atoms with Crippen molar-refractivity contribution in [1.29, 1.82) is 5.26 Å². The molecular formula is C19H15N3O5. The second-order valence-corrected chi connectivity index (χ2v) is 5.89. The molecule has 0 bridgehead atoms. The number of nitro groups is 1. The summed E-state index contributed by atoms with van der Waals surface area (Å²) in [4.78, 5) is 23.2. The molecule has 0 radical (unpaired) electrons. The van der Waals surface area contributed by atoms with Crippen LogP contribution >= 0.6 is 0 Å². The van der Waals surface area contributed by atoms with Gasteiger partial charge in [-0.25, -0.2) is 0 Å². The third-order valence-electron chi connectivity index (χ3n) is 4.24. The van der Waals surface area contributed by atoms with E-state index in [4.69, 9.17) is 9.47 Å². The number of rotatable bonds is 4. The summed E-state index contributed by atoms with van der Waals surface area (Å²) in [6.07, 6.45) is 1.17. The summed E-state index contributed by atoms with van der Waals surface area (Å²) < 4.78 is 10.4. The maximum absolute atomic E-state index is 12.5. The van der Waals surface area contributed by atoms with E-state index in [0.29, 0.717) is 11.4 Å². The van der Waals surface area contributed by atoms with Crippen molar-refractivity contribution in [3.63, 3.8) is 0 Å². The number of nitrogens with zero attached hydrogens (tertiary/aromatic N) is 2. The van der Waals surface area contributed by atoms with E-state index in [0.717, 1.165) is 11.1 Å². The first-order chi connectivity index (χ1) is 12.9. The first kappa shape index (κ1) is 17.9. The van der Waals surface area contributed by atoms with Crippen LogP contribution < -0.4 is 14.8 Å². The van der Waals surface area contributed by atoms with Crippen LogP contribution in [0.5, 0.6) is 11.5 Å². The first-order valence-corrected chi connectivity index (χ1v) is 7.98. The molecule has 0 aromatic heterocycles. The Kier molecular flexibility index (Phi) is 4.77. The lowest BCUT2D eigenvalue weighted by atomic mass is 10.1. The van der Waals surface area contributed by atoms with Crippen LogP contribution in [0.25, 0.3) is 6.08 Å². The molecule has 1 N–H and O–H groups in total. The summed E-state index contributed by atoms with van der Waals surface area (Å²) in [5, 5.41) is 23.4. The number of hydrogen-bond acceptors (Lipinski definition) is 6. The van der Waals surface area contributed by atoms with Crippen molar-refractivity contribution in [1.82, 2.24) is 0 Å². The zero-order valence-electron chi connectivity index (χ0n) is 14.6. The third kappa shape index (κ3) is 3.57. The van der Waals surface area contributed by atoms with Crippen molar-refractivity contribution in [2.24, 2.45) is 0 Å². The molecular weight excluding hydrogens is 350 g/mol. The number of ether oxygens (including phenoxy) is 2. The third-order valence-corrected chi connectivity index (χ3v) is 4.24. The number of carbonyl (C=O) groups is 1. The van der Waals surface area contributed by atoms with E-state index < -0.39 is 10.8 Å². The fourth-order valence-electron chi connectivity index (χ4n) is 2.60. The molecule has 2 aromatic rings. The monoisotopic (exact) mass is 365 g/mol. The second kappa shape index (κ2) is 7.17. The fourth-order valence-corrected chi connectivity index (χ4v) is 2.60. The van der Waals surface area contributed by atoms with Gasteiger partial charge in [0.05, 0.1) is 16.6 Å². The van der Waals surface area contributed by atoms with Gasteiger partial charge in [0.1, 0.15) is 11.6 Å². The van der Waals surface area contributed by atoms with Gasteiger partial charge in [-0.15, -0.1) is 0 Å². The van der Waals surface area contributed by atoms with Gasteiger partial charge < -0.3 is 14.8 Å². The predicted molar refractivity (Wildman–Crippen MR) is 97.4 cm³/mol. The SMILES string of the molecule is Cc1cccc(NC(=O)C(C#N)=Cc2cc3c(cc2[N+](=O)[O-])OCO3)c1C. The molecule has 0 aliphatic carbocycles. The van der Waals surface area contributed by atoms with E-state index in [-0.39, 0.29) is 29.4 Å². The largest absolute Gasteiger partial charge is 0.454 e. The van der Waals surface area contributed by atoms with Gasteiger partial charge in [-0.05, 0) is 43.2 Å². The number of fused-ring (bicyclic) bond motifs is 1. The zero-order valence-corrected chi connectivity index (χ0v) is 14.6. The van der Waals surface area contributed by atoms with Gasteiger partial charge in [-0.1, -0.05) is 12.1 Å². The number of aryl methyl sites for hydroxylation is 1. The van der Waals surface area contributed by atoms with E-state index in [2.05, 4.69) is 5.32 Å². The van der Waals surface area contributed by atoms with Gasteiger partial charge in [0.2, 0.25) is 6.79 Å². The van der Waals surface area contributed by atoms with Crippen LogP contribution in [0.15, 0.2) is 35.9 Å². The highest BCUT2D eigenvalue weighted by Gasteiger charge is 2.23. The highest BCUT2D eigenvalue weighted by atomic mass is 16.7. The minimum atomic E-state index is -0.654. The average molecular weight is 365 g/mol. The van der Waals surface area contributed by atoms with E-state index in [1.165, 1.54) is 18.2 Å². The number of nitrogens with one attached hydrogen (secondary N) is 1. The van der Waals surface area contributed by atoms with Gasteiger partial charge >= 0.3 is 0 Å². The van der Waals surface area contributed by atoms with Crippen LogP contribution in [-0.4, -0.2) is 17.6 Å². The topological polar surface area (TPSA) is 114 Å². The molecule has 0 fully saturated rings. The Labute approximate surface area is 154 Å². The van der Waals surface area contributed by atoms with E-state index in [1.807, 2.05) is 19.9 Å². The lowest BCUT2D eigenvalue weighted by molar-refractivity contribution is -0.385. The van der Waals surface area contributed by atoms with Gasteiger partial charge in [-0.2, -0.15) is 5.26 Å². The molecule has 1 heterocycles. The number of amides is 1. The van der Waals surface area contributed by atoms with Crippen molar-refractivity contribution in [3.05, 3.63) is 62.7 Å². The fraction of sp³-hybridized carbons (Fsp3) is 0.158. The summed E-state index contributed by atoms with van der Waals surface area (Å²) in [6.45, 7) is 3.71. The average Bonchev–Trinajstić information content (AvgIpc) is 3.09. The number of benzene rings is 2. The van der Waals surface area contributed by atoms with Crippen LogP contribution in [0.4, 0.5) is 11.4 Å². The van der Waals surface area contributed by atoms with Crippen LogP contribution in [0, 0.1) is 35.3 Å². The van der Waals surface area contributed by atoms with Crippen LogP contribution in [-0.2, 0) is 4.79 Å². The maximum atomic E-state index is 12.5. The molecule has 27 heavy (non-hydrogen) atoms. The molecule has 1 aliphatic rings. The lowest BCUT2D eigenvalue weighted by Crippen LogP contribution is -2.14. The van der Waals surface area contributed by atoms with Crippen molar-refractivity contribution in [3.8, 4) is 17.6 Å². The Morgan fingerprint density at radius 2 is 2.00 bits per heavy atom. The normalized spacial score (nSPS) is 12.4. The van der Waals surface area contributed by atoms with Crippen LogP contribution in [0.2, 0.25) is 0 Å². The lowest BCUT2D eigenvalue weighted by Gasteiger charge is -2.10. The molecule has 0 spiro atoms. The number of nitro benzene ring substituents is 1. The maximum Gasteiger partial charge on any atom is 0.280 e. The molecule has 8 heteroatoms. The summed E-state index contributed by atoms with van der Waals surface area (Å²) >= 11 is 0. The molecule has 3 rings (SSSR count). The molecule has 0 saturated heterocycles. The standard InChI is InChI=1S/C19H15N3O5/c1-11-4-3-5-15(12(11)2)21-19(23)14(9-20)6-13-7-17-18(27-10-26-17)8-16(13)22(24)25/h3-8H,10H2,1-2H3,(H,21,23). The quantitative estimate of drug-likeness (QED) is 0.384. The predicted octanol–water partition coefficient (Wildman–Crippen LogP) is 3.49. The molecule has 0 atom stereocenters. The molecule has 1 aliphatic heterocycles. The first-order valence-electron chi connectivity index (χ1n) is 7.98. The Morgan fingerprint density at radius 1 is 1.30 bits per heavy atom.